The average Bonchev–Trinajstić information content (AvgIpc) is 3.14. The number of rotatable bonds is 6. The number of hydrogen-bond donors (Lipinski definition) is 4. The minimum atomic E-state index is -1.71. The van der Waals surface area contributed by atoms with Crippen molar-refractivity contribution in [3.05, 3.63) is 64.2 Å². The van der Waals surface area contributed by atoms with E-state index in [1.165, 1.54) is 0 Å². The Morgan fingerprint density at radius 3 is 2.50 bits per heavy atom. The van der Waals surface area contributed by atoms with Gasteiger partial charge in [0.05, 0.1) is 19.8 Å². The summed E-state index contributed by atoms with van der Waals surface area (Å²) in [6.07, 6.45) is -4.06. The molecule has 5 atom stereocenters. The molecule has 2 aliphatic rings. The van der Waals surface area contributed by atoms with Crippen molar-refractivity contribution in [3.63, 3.8) is 0 Å². The standard InChI is InChI=1S/C22H25ClO7/c1-2-28-16-6-3-13(4-7-16)9-14-10-15(5-8-17(14)23)22-20(27)18(25)19(26)21(11-24,30-22)12-29-22/h3-8,10,18-20,24-27H,2,9,11-12H2,1H3/t18-,19-,20+,21-,22?/m0/s1. The molecule has 0 spiro atoms. The van der Waals surface area contributed by atoms with Crippen molar-refractivity contribution in [2.45, 2.75) is 43.0 Å². The molecule has 2 bridgehead atoms. The number of ether oxygens (including phenoxy) is 3. The zero-order valence-corrected chi connectivity index (χ0v) is 17.2. The van der Waals surface area contributed by atoms with Crippen molar-refractivity contribution in [1.82, 2.24) is 0 Å². The lowest BCUT2D eigenvalue weighted by atomic mass is 9.83. The SMILES string of the molecule is CCOc1ccc(Cc2cc(C34OC[C@](CO)(O3)[C@@H](O)[C@H](O)[C@H]4O)ccc2Cl)cc1. The lowest BCUT2D eigenvalue weighted by molar-refractivity contribution is -0.329. The van der Waals surface area contributed by atoms with Crippen LogP contribution >= 0.6 is 11.6 Å². The van der Waals surface area contributed by atoms with E-state index in [-0.39, 0.29) is 6.61 Å². The van der Waals surface area contributed by atoms with E-state index in [1.54, 1.807) is 18.2 Å². The van der Waals surface area contributed by atoms with Gasteiger partial charge < -0.3 is 34.6 Å². The van der Waals surface area contributed by atoms with Crippen molar-refractivity contribution in [3.8, 4) is 5.75 Å². The van der Waals surface area contributed by atoms with Gasteiger partial charge in [-0.15, -0.1) is 0 Å². The third-order valence-electron chi connectivity index (χ3n) is 5.81. The minimum absolute atomic E-state index is 0.171. The van der Waals surface area contributed by atoms with Crippen molar-refractivity contribution >= 4 is 11.6 Å². The molecule has 4 N–H and O–H groups in total. The second-order valence-corrected chi connectivity index (χ2v) is 8.13. The van der Waals surface area contributed by atoms with Gasteiger partial charge in [0, 0.05) is 10.6 Å². The third-order valence-corrected chi connectivity index (χ3v) is 6.17. The summed E-state index contributed by atoms with van der Waals surface area (Å²) >= 11 is 6.41. The first kappa shape index (κ1) is 21.5. The first-order valence-electron chi connectivity index (χ1n) is 9.85. The highest BCUT2D eigenvalue weighted by Gasteiger charge is 2.67. The van der Waals surface area contributed by atoms with Crippen LogP contribution < -0.4 is 4.74 Å². The molecule has 8 heteroatoms. The van der Waals surface area contributed by atoms with Crippen LogP contribution in [0.4, 0.5) is 0 Å². The van der Waals surface area contributed by atoms with Crippen LogP contribution in [0.1, 0.15) is 23.6 Å². The Balaban J connectivity index is 1.66. The monoisotopic (exact) mass is 436 g/mol. The van der Waals surface area contributed by atoms with Crippen LogP contribution in [0.5, 0.6) is 5.75 Å². The molecule has 2 aromatic carbocycles. The fourth-order valence-corrected chi connectivity index (χ4v) is 4.28. The Kier molecular flexibility index (Phi) is 5.80. The highest BCUT2D eigenvalue weighted by atomic mass is 35.5. The molecule has 2 aromatic rings. The van der Waals surface area contributed by atoms with Gasteiger partial charge in [0.1, 0.15) is 29.7 Å². The number of fused-ring (bicyclic) bond motifs is 2. The van der Waals surface area contributed by atoms with E-state index in [0.717, 1.165) is 16.9 Å². The average molecular weight is 437 g/mol. The van der Waals surface area contributed by atoms with Crippen LogP contribution in [0.15, 0.2) is 42.5 Å². The van der Waals surface area contributed by atoms with Gasteiger partial charge in [-0.05, 0) is 48.7 Å². The summed E-state index contributed by atoms with van der Waals surface area (Å²) in [6.45, 7) is 1.78. The highest BCUT2D eigenvalue weighted by molar-refractivity contribution is 6.31. The second-order valence-electron chi connectivity index (χ2n) is 7.72. The van der Waals surface area contributed by atoms with Crippen molar-refractivity contribution in [2.24, 2.45) is 0 Å². The minimum Gasteiger partial charge on any atom is -0.494 e. The van der Waals surface area contributed by atoms with Gasteiger partial charge in [0.2, 0.25) is 5.79 Å². The highest BCUT2D eigenvalue weighted by Crippen LogP contribution is 2.49. The molecule has 2 fully saturated rings. The summed E-state index contributed by atoms with van der Waals surface area (Å²) in [6, 6.07) is 12.7. The molecule has 162 valence electrons. The van der Waals surface area contributed by atoms with Crippen LogP contribution in [0, 0.1) is 0 Å². The Labute approximate surface area is 179 Å². The maximum absolute atomic E-state index is 10.7. The maximum Gasteiger partial charge on any atom is 0.225 e. The molecule has 0 radical (unpaired) electrons. The molecule has 4 rings (SSSR count). The van der Waals surface area contributed by atoms with Gasteiger partial charge in [-0.3, -0.25) is 0 Å². The molecule has 30 heavy (non-hydrogen) atoms. The molecule has 2 aliphatic heterocycles. The molecule has 0 aromatic heterocycles. The van der Waals surface area contributed by atoms with Crippen LogP contribution in [0.2, 0.25) is 5.02 Å². The Morgan fingerprint density at radius 2 is 1.83 bits per heavy atom. The predicted octanol–water partition coefficient (Wildman–Crippen LogP) is 1.36. The van der Waals surface area contributed by atoms with Crippen molar-refractivity contribution < 1.29 is 34.6 Å². The van der Waals surface area contributed by atoms with Crippen LogP contribution in [-0.2, 0) is 21.7 Å². The van der Waals surface area contributed by atoms with Gasteiger partial charge in [0.15, 0.2) is 0 Å². The maximum atomic E-state index is 10.7. The number of benzene rings is 2. The lowest BCUT2D eigenvalue weighted by Gasteiger charge is -2.46. The van der Waals surface area contributed by atoms with E-state index in [0.29, 0.717) is 23.6 Å². The number of aliphatic hydroxyl groups is 4. The summed E-state index contributed by atoms with van der Waals surface area (Å²) in [5.41, 5.74) is 0.719. The third kappa shape index (κ3) is 3.40. The van der Waals surface area contributed by atoms with Crippen LogP contribution in [-0.4, -0.2) is 64.2 Å². The molecule has 7 nitrogen and oxygen atoms in total. The first-order valence-corrected chi connectivity index (χ1v) is 10.2. The summed E-state index contributed by atoms with van der Waals surface area (Å²) in [7, 11) is 0. The van der Waals surface area contributed by atoms with E-state index in [1.807, 2.05) is 31.2 Å². The molecular weight excluding hydrogens is 412 g/mol. The smallest absolute Gasteiger partial charge is 0.225 e. The topological polar surface area (TPSA) is 109 Å². The molecular formula is C22H25ClO7. The van der Waals surface area contributed by atoms with Gasteiger partial charge in [-0.1, -0.05) is 29.8 Å². The van der Waals surface area contributed by atoms with Gasteiger partial charge >= 0.3 is 0 Å². The first-order chi connectivity index (χ1) is 14.3. The Hall–Kier alpha value is -1.71. The number of aliphatic hydroxyl groups excluding tert-OH is 4. The molecule has 2 heterocycles. The summed E-state index contributed by atoms with van der Waals surface area (Å²) < 4.78 is 17.1. The van der Waals surface area contributed by atoms with Crippen LogP contribution in [0.25, 0.3) is 0 Å². The normalized spacial score (nSPS) is 32.9. The molecule has 1 unspecified atom stereocenters. The second kappa shape index (κ2) is 8.09. The lowest BCUT2D eigenvalue weighted by Crippen LogP contribution is -2.65. The number of hydrogen-bond acceptors (Lipinski definition) is 7. The fraction of sp³-hybridized carbons (Fsp3) is 0.455. The van der Waals surface area contributed by atoms with E-state index >= 15 is 0 Å². The van der Waals surface area contributed by atoms with Crippen LogP contribution in [0.3, 0.4) is 0 Å². The molecule has 0 amide bonds. The summed E-state index contributed by atoms with van der Waals surface area (Å²) in [5, 5.41) is 41.7. The quantitative estimate of drug-likeness (QED) is 0.541. The fourth-order valence-electron chi connectivity index (χ4n) is 4.09. The number of halogens is 1. The zero-order valence-electron chi connectivity index (χ0n) is 16.5. The largest absolute Gasteiger partial charge is 0.494 e. The summed E-state index contributed by atoms with van der Waals surface area (Å²) in [4.78, 5) is 0. The summed E-state index contributed by atoms with van der Waals surface area (Å²) in [5.74, 6) is -0.925. The Bertz CT molecular complexity index is 905. The van der Waals surface area contributed by atoms with Gasteiger partial charge in [-0.2, -0.15) is 0 Å². The van der Waals surface area contributed by atoms with E-state index < -0.39 is 36.3 Å². The van der Waals surface area contributed by atoms with Crippen molar-refractivity contribution in [2.75, 3.05) is 19.8 Å². The van der Waals surface area contributed by atoms with E-state index in [2.05, 4.69) is 0 Å². The Morgan fingerprint density at radius 1 is 1.10 bits per heavy atom. The van der Waals surface area contributed by atoms with Gasteiger partial charge in [0.25, 0.3) is 0 Å². The van der Waals surface area contributed by atoms with E-state index in [4.69, 9.17) is 25.8 Å². The van der Waals surface area contributed by atoms with Gasteiger partial charge in [-0.25, -0.2) is 0 Å². The van der Waals surface area contributed by atoms with Crippen molar-refractivity contribution in [1.29, 1.82) is 0 Å². The predicted molar refractivity (Wildman–Crippen MR) is 108 cm³/mol. The van der Waals surface area contributed by atoms with E-state index in [9.17, 15) is 20.4 Å². The zero-order chi connectivity index (χ0) is 21.5. The molecule has 2 saturated heterocycles. The molecule has 0 saturated carbocycles. The molecule has 0 aliphatic carbocycles.